The summed E-state index contributed by atoms with van der Waals surface area (Å²) in [7, 11) is 0. The van der Waals surface area contributed by atoms with Crippen LogP contribution in [0.3, 0.4) is 0 Å². The summed E-state index contributed by atoms with van der Waals surface area (Å²) in [4.78, 5) is 36.4. The number of rotatable bonds is 7. The van der Waals surface area contributed by atoms with E-state index in [4.69, 9.17) is 4.74 Å². The molecule has 0 aromatic heterocycles. The van der Waals surface area contributed by atoms with Crippen molar-refractivity contribution < 1.29 is 29.3 Å². The first kappa shape index (κ1) is 22.8. The summed E-state index contributed by atoms with van der Waals surface area (Å²) >= 11 is 0. The van der Waals surface area contributed by atoms with Gasteiger partial charge in [0.15, 0.2) is 0 Å². The first-order chi connectivity index (χ1) is 15.9. The zero-order valence-electron chi connectivity index (χ0n) is 18.2. The summed E-state index contributed by atoms with van der Waals surface area (Å²) in [6.45, 7) is 0.0656. The average Bonchev–Trinajstić information content (AvgIpc) is 3.11. The zero-order chi connectivity index (χ0) is 23.4. The van der Waals surface area contributed by atoms with Crippen molar-refractivity contribution in [2.75, 3.05) is 6.61 Å². The Morgan fingerprint density at radius 3 is 2.24 bits per heavy atom. The van der Waals surface area contributed by atoms with Crippen LogP contribution < -0.4 is 10.6 Å². The van der Waals surface area contributed by atoms with Gasteiger partial charge in [-0.25, -0.2) is 4.79 Å². The zero-order valence-corrected chi connectivity index (χ0v) is 18.2. The van der Waals surface area contributed by atoms with Crippen LogP contribution in [0.25, 0.3) is 11.1 Å². The largest absolute Gasteiger partial charge is 0.481 e. The van der Waals surface area contributed by atoms with E-state index in [9.17, 15) is 24.6 Å². The monoisotopic (exact) mass is 452 g/mol. The standard InChI is InChI=1S/C25H28N2O6/c28-16-7-5-6-15(12-16)26-24(31)22(13-23(29)30)27-25(32)33-14-21-19-10-3-1-8-17(19)18-9-2-4-11-20(18)21/h1-4,8-11,15-16,21-22,28H,5-7,12-14H2,(H,26,31)(H,27,32)(H,29,30). The van der Waals surface area contributed by atoms with Gasteiger partial charge in [0.1, 0.15) is 12.6 Å². The molecule has 0 radical (unpaired) electrons. The molecular formula is C25H28N2O6. The molecule has 1 fully saturated rings. The molecule has 0 bridgehead atoms. The number of alkyl carbamates (subject to hydrolysis) is 1. The number of aliphatic hydroxyl groups excluding tert-OH is 1. The Labute approximate surface area is 192 Å². The molecule has 174 valence electrons. The highest BCUT2D eigenvalue weighted by Crippen LogP contribution is 2.44. The number of carboxylic acid groups (broad SMARTS) is 1. The van der Waals surface area contributed by atoms with E-state index in [0.29, 0.717) is 19.3 Å². The van der Waals surface area contributed by atoms with Crippen molar-refractivity contribution in [2.24, 2.45) is 0 Å². The van der Waals surface area contributed by atoms with Gasteiger partial charge in [0.25, 0.3) is 0 Å². The molecule has 2 aliphatic carbocycles. The second-order valence-electron chi connectivity index (χ2n) is 8.65. The number of ether oxygens (including phenoxy) is 1. The molecule has 3 unspecified atom stereocenters. The predicted molar refractivity (Wildman–Crippen MR) is 121 cm³/mol. The Morgan fingerprint density at radius 2 is 1.64 bits per heavy atom. The highest BCUT2D eigenvalue weighted by Gasteiger charge is 2.31. The molecule has 8 heteroatoms. The number of carbonyl (C=O) groups excluding carboxylic acids is 2. The van der Waals surface area contributed by atoms with Crippen LogP contribution in [-0.4, -0.2) is 53.0 Å². The van der Waals surface area contributed by atoms with Crippen LogP contribution in [0, 0.1) is 0 Å². The van der Waals surface area contributed by atoms with E-state index in [1.807, 2.05) is 48.5 Å². The number of amides is 2. The smallest absolute Gasteiger partial charge is 0.407 e. The first-order valence-electron chi connectivity index (χ1n) is 11.2. The SMILES string of the molecule is O=C(O)CC(NC(=O)OCC1c2ccccc2-c2ccccc21)C(=O)NC1CCCC(O)C1. The summed E-state index contributed by atoms with van der Waals surface area (Å²) in [5.41, 5.74) is 4.31. The number of benzene rings is 2. The third-order valence-electron chi connectivity index (χ3n) is 6.32. The topological polar surface area (TPSA) is 125 Å². The fourth-order valence-electron chi connectivity index (χ4n) is 4.76. The van der Waals surface area contributed by atoms with Gasteiger partial charge in [0, 0.05) is 12.0 Å². The van der Waals surface area contributed by atoms with E-state index in [1.165, 1.54) is 0 Å². The predicted octanol–water partition coefficient (Wildman–Crippen LogP) is 2.79. The van der Waals surface area contributed by atoms with Crippen molar-refractivity contribution in [2.45, 2.75) is 56.2 Å². The van der Waals surface area contributed by atoms with Gasteiger partial charge in [-0.2, -0.15) is 0 Å². The van der Waals surface area contributed by atoms with E-state index in [0.717, 1.165) is 28.7 Å². The highest BCUT2D eigenvalue weighted by molar-refractivity contribution is 5.89. The number of aliphatic carboxylic acids is 1. The highest BCUT2D eigenvalue weighted by atomic mass is 16.5. The summed E-state index contributed by atoms with van der Waals surface area (Å²) < 4.78 is 5.45. The van der Waals surface area contributed by atoms with Crippen molar-refractivity contribution in [3.8, 4) is 11.1 Å². The van der Waals surface area contributed by atoms with Crippen LogP contribution >= 0.6 is 0 Å². The molecule has 33 heavy (non-hydrogen) atoms. The van der Waals surface area contributed by atoms with Gasteiger partial charge in [0.05, 0.1) is 12.5 Å². The van der Waals surface area contributed by atoms with E-state index < -0.39 is 36.5 Å². The number of aliphatic hydroxyl groups is 1. The molecule has 2 amide bonds. The maximum atomic E-state index is 12.7. The average molecular weight is 453 g/mol. The lowest BCUT2D eigenvalue weighted by Crippen LogP contribution is -2.51. The van der Waals surface area contributed by atoms with Gasteiger partial charge in [-0.1, -0.05) is 48.5 Å². The minimum Gasteiger partial charge on any atom is -0.481 e. The number of hydrogen-bond acceptors (Lipinski definition) is 5. The first-order valence-corrected chi connectivity index (χ1v) is 11.2. The van der Waals surface area contributed by atoms with Gasteiger partial charge in [-0.15, -0.1) is 0 Å². The molecule has 3 atom stereocenters. The molecule has 0 aliphatic heterocycles. The normalized spacial score (nSPS) is 20.3. The van der Waals surface area contributed by atoms with E-state index in [-0.39, 0.29) is 18.6 Å². The Hall–Kier alpha value is -3.39. The second-order valence-corrected chi connectivity index (χ2v) is 8.65. The van der Waals surface area contributed by atoms with Gasteiger partial charge < -0.3 is 25.6 Å². The van der Waals surface area contributed by atoms with Gasteiger partial charge in [0.2, 0.25) is 5.91 Å². The molecule has 1 saturated carbocycles. The lowest BCUT2D eigenvalue weighted by atomic mass is 9.93. The summed E-state index contributed by atoms with van der Waals surface area (Å²) in [5, 5.41) is 24.2. The molecule has 2 aromatic carbocycles. The minimum absolute atomic E-state index is 0.0656. The van der Waals surface area contributed by atoms with Crippen molar-refractivity contribution in [1.82, 2.24) is 10.6 Å². The van der Waals surface area contributed by atoms with Crippen molar-refractivity contribution in [3.05, 3.63) is 59.7 Å². The van der Waals surface area contributed by atoms with Crippen LogP contribution in [0.5, 0.6) is 0 Å². The van der Waals surface area contributed by atoms with Crippen LogP contribution in [-0.2, 0) is 14.3 Å². The lowest BCUT2D eigenvalue weighted by Gasteiger charge is -2.28. The van der Waals surface area contributed by atoms with E-state index in [1.54, 1.807) is 0 Å². The van der Waals surface area contributed by atoms with Crippen LogP contribution in [0.15, 0.2) is 48.5 Å². The van der Waals surface area contributed by atoms with E-state index >= 15 is 0 Å². The number of carbonyl (C=O) groups is 3. The Morgan fingerprint density at radius 1 is 1.00 bits per heavy atom. The third kappa shape index (κ3) is 5.34. The van der Waals surface area contributed by atoms with Crippen molar-refractivity contribution in [1.29, 1.82) is 0 Å². The lowest BCUT2D eigenvalue weighted by molar-refractivity contribution is -0.140. The molecule has 4 N–H and O–H groups in total. The van der Waals surface area contributed by atoms with Crippen molar-refractivity contribution >= 4 is 18.0 Å². The van der Waals surface area contributed by atoms with Crippen LogP contribution in [0.1, 0.15) is 49.1 Å². The molecular weight excluding hydrogens is 424 g/mol. The number of fused-ring (bicyclic) bond motifs is 3. The van der Waals surface area contributed by atoms with Gasteiger partial charge >= 0.3 is 12.1 Å². The molecule has 0 saturated heterocycles. The second kappa shape index (κ2) is 10.0. The van der Waals surface area contributed by atoms with E-state index in [2.05, 4.69) is 10.6 Å². The van der Waals surface area contributed by atoms with Crippen LogP contribution in [0.4, 0.5) is 4.79 Å². The number of hydrogen-bond donors (Lipinski definition) is 4. The summed E-state index contributed by atoms with van der Waals surface area (Å²) in [6, 6.07) is 14.4. The maximum absolute atomic E-state index is 12.7. The molecule has 0 heterocycles. The molecule has 8 nitrogen and oxygen atoms in total. The summed E-state index contributed by atoms with van der Waals surface area (Å²) in [6.07, 6.45) is 0.673. The number of nitrogens with one attached hydrogen (secondary N) is 2. The number of carboxylic acids is 1. The quantitative estimate of drug-likeness (QED) is 0.512. The molecule has 4 rings (SSSR count). The third-order valence-corrected chi connectivity index (χ3v) is 6.32. The fraction of sp³-hybridized carbons (Fsp3) is 0.400. The Bertz CT molecular complexity index is 994. The maximum Gasteiger partial charge on any atom is 0.407 e. The molecule has 2 aliphatic rings. The van der Waals surface area contributed by atoms with Crippen molar-refractivity contribution in [3.63, 3.8) is 0 Å². The van der Waals surface area contributed by atoms with Crippen LogP contribution in [0.2, 0.25) is 0 Å². The molecule has 2 aromatic rings. The fourth-order valence-corrected chi connectivity index (χ4v) is 4.76. The van der Waals surface area contributed by atoms with Gasteiger partial charge in [-0.3, -0.25) is 9.59 Å². The molecule has 0 spiro atoms. The summed E-state index contributed by atoms with van der Waals surface area (Å²) in [5.74, 6) is -1.94. The Balaban J connectivity index is 1.39. The minimum atomic E-state index is -1.27. The van der Waals surface area contributed by atoms with Gasteiger partial charge in [-0.05, 0) is 47.9 Å². The Kier molecular flexibility index (Phi) is 6.93.